The lowest BCUT2D eigenvalue weighted by molar-refractivity contribution is -0.141. The average Bonchev–Trinajstić information content (AvgIpc) is 2.65. The molecule has 0 amide bonds. The maximum absolute atomic E-state index is 11.6. The summed E-state index contributed by atoms with van der Waals surface area (Å²) in [6.07, 6.45) is 1.61. The van der Waals surface area contributed by atoms with Gasteiger partial charge in [0, 0.05) is 0 Å². The lowest BCUT2D eigenvalue weighted by atomic mass is 9.93. The van der Waals surface area contributed by atoms with Crippen molar-refractivity contribution in [2.24, 2.45) is 5.92 Å². The van der Waals surface area contributed by atoms with E-state index in [1.54, 1.807) is 6.07 Å². The maximum atomic E-state index is 11.6. The Morgan fingerprint density at radius 2 is 1.64 bits per heavy atom. The molecule has 0 saturated carbocycles. The van der Waals surface area contributed by atoms with Crippen molar-refractivity contribution in [2.45, 2.75) is 6.42 Å². The standard InChI is InChI=1S/C16H15N3O6/c1-23-14(20)6-11(7-17)10(4-12(8-18)15(21)24-2)5-13(9-19)16(22)25-3/h4-5,11,18H,6H2,1-3H3/b10-4-,13-5+. The minimum absolute atomic E-state index is 0.0602. The Labute approximate surface area is 143 Å². The monoisotopic (exact) mass is 345 g/mol. The van der Waals surface area contributed by atoms with E-state index in [0.717, 1.165) is 33.5 Å². The molecule has 0 rings (SSSR count). The van der Waals surface area contributed by atoms with E-state index in [2.05, 4.69) is 14.2 Å². The molecule has 0 fully saturated rings. The van der Waals surface area contributed by atoms with Crippen molar-refractivity contribution in [3.63, 3.8) is 0 Å². The second-order valence-electron chi connectivity index (χ2n) is 4.30. The number of nitrogens with one attached hydrogen (secondary N) is 1. The molecule has 0 aliphatic rings. The van der Waals surface area contributed by atoms with Crippen LogP contribution in [0.2, 0.25) is 0 Å². The van der Waals surface area contributed by atoms with Crippen LogP contribution in [0.25, 0.3) is 0 Å². The third-order valence-corrected chi connectivity index (χ3v) is 2.84. The highest BCUT2D eigenvalue weighted by molar-refractivity contribution is 6.00. The molecule has 0 heterocycles. The first-order chi connectivity index (χ1) is 11.9. The Morgan fingerprint density at radius 1 is 1.04 bits per heavy atom. The third kappa shape index (κ3) is 6.53. The number of carbonyl (C=O) groups is 3. The molecule has 9 nitrogen and oxygen atoms in total. The van der Waals surface area contributed by atoms with Crippen LogP contribution in [-0.4, -0.2) is 45.1 Å². The number of allylic oxidation sites excluding steroid dienone is 2. The Hall–Kier alpha value is -3.68. The summed E-state index contributed by atoms with van der Waals surface area (Å²) in [6, 6.07) is 3.40. The number of hydrogen-bond acceptors (Lipinski definition) is 9. The van der Waals surface area contributed by atoms with Crippen molar-refractivity contribution in [1.29, 1.82) is 15.9 Å². The first-order valence-corrected chi connectivity index (χ1v) is 6.64. The molecular formula is C16H15N3O6. The molecule has 0 bridgehead atoms. The van der Waals surface area contributed by atoms with E-state index in [1.165, 1.54) is 0 Å². The minimum Gasteiger partial charge on any atom is -0.469 e. The van der Waals surface area contributed by atoms with E-state index in [0.29, 0.717) is 0 Å². The van der Waals surface area contributed by atoms with Crippen molar-refractivity contribution in [3.8, 4) is 12.1 Å². The van der Waals surface area contributed by atoms with Crippen LogP contribution in [0, 0.1) is 34.0 Å². The Kier molecular flexibility index (Phi) is 9.34. The number of carbonyl (C=O) groups excluding carboxylic acids is 3. The molecule has 0 aromatic carbocycles. The number of methoxy groups -OCH3 is 3. The number of ether oxygens (including phenoxy) is 3. The van der Waals surface area contributed by atoms with Gasteiger partial charge in [-0.25, -0.2) is 9.59 Å². The fourth-order valence-corrected chi connectivity index (χ4v) is 1.57. The first-order valence-electron chi connectivity index (χ1n) is 6.64. The summed E-state index contributed by atoms with van der Waals surface area (Å²) in [7, 11) is 3.27. The van der Waals surface area contributed by atoms with Gasteiger partial charge in [0.05, 0.1) is 39.7 Å². The zero-order valence-corrected chi connectivity index (χ0v) is 13.8. The fourth-order valence-electron chi connectivity index (χ4n) is 1.57. The van der Waals surface area contributed by atoms with Gasteiger partial charge in [-0.15, -0.1) is 0 Å². The lowest BCUT2D eigenvalue weighted by Crippen LogP contribution is -2.13. The van der Waals surface area contributed by atoms with Gasteiger partial charge >= 0.3 is 17.9 Å². The van der Waals surface area contributed by atoms with Crippen LogP contribution in [-0.2, 0) is 28.6 Å². The van der Waals surface area contributed by atoms with Gasteiger partial charge in [-0.2, -0.15) is 10.5 Å². The molecule has 25 heavy (non-hydrogen) atoms. The molecule has 0 aliphatic carbocycles. The predicted molar refractivity (Wildman–Crippen MR) is 82.8 cm³/mol. The molecule has 1 unspecified atom stereocenters. The molecule has 1 N–H and O–H groups in total. The van der Waals surface area contributed by atoms with Gasteiger partial charge in [0.15, 0.2) is 0 Å². The Balaban J connectivity index is 6.27. The zero-order valence-electron chi connectivity index (χ0n) is 13.8. The number of nitrogens with zero attached hydrogens (tertiary/aromatic N) is 2. The fraction of sp³-hybridized carbons (Fsp3) is 0.312. The molecule has 0 aromatic rings. The highest BCUT2D eigenvalue weighted by Gasteiger charge is 2.21. The van der Waals surface area contributed by atoms with Crippen molar-refractivity contribution < 1.29 is 28.6 Å². The molecule has 0 radical (unpaired) electrons. The second kappa shape index (κ2) is 10.9. The van der Waals surface area contributed by atoms with Crippen LogP contribution < -0.4 is 0 Å². The van der Waals surface area contributed by atoms with Crippen molar-refractivity contribution >= 4 is 23.8 Å². The quantitative estimate of drug-likeness (QED) is 0.176. The van der Waals surface area contributed by atoms with E-state index in [4.69, 9.17) is 10.7 Å². The normalized spacial score (nSPS) is 11.9. The summed E-state index contributed by atoms with van der Waals surface area (Å²) in [5, 5.41) is 25.4. The van der Waals surface area contributed by atoms with Crippen LogP contribution in [0.1, 0.15) is 6.42 Å². The van der Waals surface area contributed by atoms with Gasteiger partial charge in [-0.3, -0.25) is 10.2 Å². The second-order valence-corrected chi connectivity index (χ2v) is 4.30. The van der Waals surface area contributed by atoms with Crippen molar-refractivity contribution in [2.75, 3.05) is 21.3 Å². The van der Waals surface area contributed by atoms with Crippen LogP contribution in [0.15, 0.2) is 28.9 Å². The highest BCUT2D eigenvalue weighted by Crippen LogP contribution is 2.21. The van der Waals surface area contributed by atoms with Crippen LogP contribution in [0.3, 0.4) is 0 Å². The summed E-state index contributed by atoms with van der Waals surface area (Å²) in [5.74, 6) is -1.95. The number of esters is 3. The summed E-state index contributed by atoms with van der Waals surface area (Å²) >= 11 is 0. The number of nitriles is 2. The van der Waals surface area contributed by atoms with Crippen LogP contribution in [0.5, 0.6) is 0 Å². The topological polar surface area (TPSA) is 150 Å². The minimum atomic E-state index is -1.16. The Bertz CT molecular complexity index is 745. The molecule has 0 aromatic heterocycles. The van der Waals surface area contributed by atoms with Crippen LogP contribution in [0.4, 0.5) is 0 Å². The first kappa shape index (κ1) is 21.3. The van der Waals surface area contributed by atoms with E-state index in [1.807, 2.05) is 11.9 Å². The van der Waals surface area contributed by atoms with Gasteiger partial charge in [0.25, 0.3) is 0 Å². The molecule has 1 atom stereocenters. The highest BCUT2D eigenvalue weighted by atomic mass is 16.5. The summed E-state index contributed by atoms with van der Waals surface area (Å²) in [5.41, 5.74) is -0.899. The van der Waals surface area contributed by atoms with Crippen LogP contribution >= 0.6 is 0 Å². The molecule has 130 valence electrons. The predicted octanol–water partition coefficient (Wildman–Crippen LogP) is 0.587. The van der Waals surface area contributed by atoms with E-state index in [9.17, 15) is 19.6 Å². The average molecular weight is 345 g/mol. The van der Waals surface area contributed by atoms with E-state index < -0.39 is 35.8 Å². The SMILES string of the molecule is COC(=O)CC(C#N)C(=C\C(=C=N)C(=O)OC)/C=C(\C#N)C(=O)OC. The van der Waals surface area contributed by atoms with Gasteiger partial charge in [0.1, 0.15) is 17.2 Å². The summed E-state index contributed by atoms with van der Waals surface area (Å²) in [4.78, 5) is 34.6. The summed E-state index contributed by atoms with van der Waals surface area (Å²) < 4.78 is 13.4. The van der Waals surface area contributed by atoms with Crippen molar-refractivity contribution in [1.82, 2.24) is 0 Å². The largest absolute Gasteiger partial charge is 0.469 e. The summed E-state index contributed by atoms with van der Waals surface area (Å²) in [6.45, 7) is 0. The molecule has 0 spiro atoms. The number of rotatable bonds is 7. The van der Waals surface area contributed by atoms with E-state index >= 15 is 0 Å². The Morgan fingerprint density at radius 3 is 2.04 bits per heavy atom. The molecule has 0 saturated heterocycles. The maximum Gasteiger partial charge on any atom is 0.348 e. The smallest absolute Gasteiger partial charge is 0.348 e. The zero-order chi connectivity index (χ0) is 19.4. The lowest BCUT2D eigenvalue weighted by Gasteiger charge is -2.10. The number of hydrogen-bond donors (Lipinski definition) is 1. The molecular weight excluding hydrogens is 330 g/mol. The van der Waals surface area contributed by atoms with Gasteiger partial charge in [0.2, 0.25) is 0 Å². The van der Waals surface area contributed by atoms with E-state index in [-0.39, 0.29) is 11.1 Å². The van der Waals surface area contributed by atoms with Gasteiger partial charge in [-0.05, 0) is 23.6 Å². The van der Waals surface area contributed by atoms with Gasteiger partial charge in [-0.1, -0.05) is 0 Å². The van der Waals surface area contributed by atoms with Gasteiger partial charge < -0.3 is 14.2 Å². The third-order valence-electron chi connectivity index (χ3n) is 2.84. The molecule has 9 heteroatoms. The molecule has 0 aliphatic heterocycles. The van der Waals surface area contributed by atoms with Crippen molar-refractivity contribution in [3.05, 3.63) is 28.9 Å².